The van der Waals surface area contributed by atoms with Gasteiger partial charge in [0, 0.05) is 26.4 Å². The average molecular weight is 285 g/mol. The first-order valence-corrected chi connectivity index (χ1v) is 8.86. The van der Waals surface area contributed by atoms with Crippen molar-refractivity contribution in [1.29, 1.82) is 0 Å². The molecule has 0 fully saturated rings. The smallest absolute Gasteiger partial charge is 0.0466 e. The van der Waals surface area contributed by atoms with E-state index in [0.29, 0.717) is 0 Å². The molecule has 0 aliphatic heterocycles. The van der Waals surface area contributed by atoms with E-state index in [9.17, 15) is 0 Å². The first-order valence-electron chi connectivity index (χ1n) is 8.86. The van der Waals surface area contributed by atoms with Crippen molar-refractivity contribution >= 4 is 0 Å². The van der Waals surface area contributed by atoms with Gasteiger partial charge in [-0.25, -0.2) is 0 Å². The Kier molecular flexibility index (Phi) is 18.8. The fraction of sp³-hybridized carbons (Fsp3) is 0.944. The zero-order chi connectivity index (χ0) is 14.7. The molecule has 0 spiro atoms. The molecule has 0 saturated heterocycles. The highest BCUT2D eigenvalue weighted by Crippen LogP contribution is 2.04. The summed E-state index contributed by atoms with van der Waals surface area (Å²) in [6.45, 7) is 9.85. The van der Waals surface area contributed by atoms with Crippen LogP contribution in [0, 0.1) is 6.92 Å². The summed E-state index contributed by atoms with van der Waals surface area (Å²) in [7, 11) is 0. The molecule has 0 unspecified atom stereocenters. The van der Waals surface area contributed by atoms with Gasteiger partial charge in [-0.1, -0.05) is 65.2 Å². The number of hydrogen-bond donors (Lipinski definition) is 0. The molecule has 0 amide bonds. The minimum atomic E-state index is 0.931. The lowest BCUT2D eigenvalue weighted by Crippen LogP contribution is -1.99. The molecule has 0 bridgehead atoms. The first-order chi connectivity index (χ1) is 9.91. The predicted octanol–water partition coefficient (Wildman–Crippen LogP) is 5.55. The topological polar surface area (TPSA) is 18.5 Å². The number of hydrogen-bond acceptors (Lipinski definition) is 2. The molecular weight excluding hydrogens is 248 g/mol. The summed E-state index contributed by atoms with van der Waals surface area (Å²) in [5, 5.41) is 0. The zero-order valence-electron chi connectivity index (χ0n) is 13.8. The van der Waals surface area contributed by atoms with Crippen molar-refractivity contribution < 1.29 is 9.47 Å². The monoisotopic (exact) mass is 285 g/mol. The third-order valence-electron chi connectivity index (χ3n) is 3.51. The molecule has 1 radical (unpaired) electrons. The van der Waals surface area contributed by atoms with Crippen LogP contribution in [0.4, 0.5) is 0 Å². The number of unbranched alkanes of at least 4 members (excludes halogenated alkanes) is 9. The third-order valence-corrected chi connectivity index (χ3v) is 3.51. The maximum Gasteiger partial charge on any atom is 0.0466 e. The molecule has 0 aromatic carbocycles. The minimum absolute atomic E-state index is 0.931. The molecule has 2 heteroatoms. The summed E-state index contributed by atoms with van der Waals surface area (Å²) in [4.78, 5) is 0. The molecule has 0 N–H and O–H groups in total. The lowest BCUT2D eigenvalue weighted by Gasteiger charge is -2.05. The maximum absolute atomic E-state index is 5.63. The Morgan fingerprint density at radius 1 is 0.550 bits per heavy atom. The van der Waals surface area contributed by atoms with Crippen LogP contribution in [0.15, 0.2) is 0 Å². The van der Waals surface area contributed by atoms with Crippen LogP contribution in [0.3, 0.4) is 0 Å². The van der Waals surface area contributed by atoms with Crippen LogP contribution in [-0.4, -0.2) is 26.4 Å². The summed E-state index contributed by atoms with van der Waals surface area (Å²) in [6.07, 6.45) is 14.9. The van der Waals surface area contributed by atoms with Crippen LogP contribution in [0.1, 0.15) is 84.0 Å². The van der Waals surface area contributed by atoms with Crippen LogP contribution in [0.5, 0.6) is 0 Å². The molecule has 121 valence electrons. The SMILES string of the molecule is [CH2]CCCCCOCCCCCCOCCCCCC. The van der Waals surface area contributed by atoms with E-state index in [0.717, 1.165) is 32.8 Å². The summed E-state index contributed by atoms with van der Waals surface area (Å²) < 4.78 is 11.2. The van der Waals surface area contributed by atoms with E-state index in [-0.39, 0.29) is 0 Å². The quantitative estimate of drug-likeness (QED) is 0.326. The molecule has 0 aliphatic carbocycles. The maximum atomic E-state index is 5.63. The highest BCUT2D eigenvalue weighted by Gasteiger charge is 1.93. The second kappa shape index (κ2) is 18.9. The minimum Gasteiger partial charge on any atom is -0.381 e. The fourth-order valence-electron chi connectivity index (χ4n) is 2.15. The molecule has 0 aromatic rings. The number of ether oxygens (including phenoxy) is 2. The van der Waals surface area contributed by atoms with Gasteiger partial charge in [-0.15, -0.1) is 0 Å². The Hall–Kier alpha value is -0.0800. The molecule has 20 heavy (non-hydrogen) atoms. The average Bonchev–Trinajstić information content (AvgIpc) is 2.47. The van der Waals surface area contributed by atoms with Gasteiger partial charge in [0.05, 0.1) is 0 Å². The van der Waals surface area contributed by atoms with Gasteiger partial charge in [0.1, 0.15) is 0 Å². The van der Waals surface area contributed by atoms with E-state index in [4.69, 9.17) is 9.47 Å². The lowest BCUT2D eigenvalue weighted by atomic mass is 10.2. The molecule has 0 aromatic heterocycles. The van der Waals surface area contributed by atoms with Crippen LogP contribution in [0.2, 0.25) is 0 Å². The summed E-state index contributed by atoms with van der Waals surface area (Å²) in [5.74, 6) is 0. The van der Waals surface area contributed by atoms with E-state index in [1.54, 1.807) is 0 Å². The van der Waals surface area contributed by atoms with E-state index in [1.165, 1.54) is 70.6 Å². The van der Waals surface area contributed by atoms with Crippen molar-refractivity contribution in [2.24, 2.45) is 0 Å². The normalized spacial score (nSPS) is 11.1. The van der Waals surface area contributed by atoms with E-state index >= 15 is 0 Å². The highest BCUT2D eigenvalue weighted by atomic mass is 16.5. The van der Waals surface area contributed by atoms with Gasteiger partial charge in [0.15, 0.2) is 0 Å². The molecule has 0 saturated carbocycles. The highest BCUT2D eigenvalue weighted by molar-refractivity contribution is 4.46. The number of rotatable bonds is 17. The molecule has 0 aliphatic rings. The van der Waals surface area contributed by atoms with Gasteiger partial charge in [0.2, 0.25) is 0 Å². The van der Waals surface area contributed by atoms with Crippen LogP contribution in [0.25, 0.3) is 0 Å². The Morgan fingerprint density at radius 3 is 1.35 bits per heavy atom. The van der Waals surface area contributed by atoms with E-state index in [2.05, 4.69) is 13.8 Å². The predicted molar refractivity (Wildman–Crippen MR) is 88.1 cm³/mol. The first kappa shape index (κ1) is 19.9. The molecule has 0 atom stereocenters. The molecule has 2 nitrogen and oxygen atoms in total. The Morgan fingerprint density at radius 2 is 0.950 bits per heavy atom. The van der Waals surface area contributed by atoms with Crippen molar-refractivity contribution in [3.8, 4) is 0 Å². The van der Waals surface area contributed by atoms with Crippen molar-refractivity contribution in [2.45, 2.75) is 84.0 Å². The fourth-order valence-corrected chi connectivity index (χ4v) is 2.15. The van der Waals surface area contributed by atoms with E-state index < -0.39 is 0 Å². The van der Waals surface area contributed by atoms with Crippen LogP contribution in [-0.2, 0) is 9.47 Å². The second-order valence-electron chi connectivity index (χ2n) is 5.61. The van der Waals surface area contributed by atoms with Gasteiger partial charge in [-0.3, -0.25) is 0 Å². The summed E-state index contributed by atoms with van der Waals surface area (Å²) in [6, 6.07) is 0. The standard InChI is InChI=1S/C18H37O2/c1-3-5-7-11-15-19-17-13-9-10-14-18-20-16-12-8-6-4-2/h1,3-18H2,2H3. The summed E-state index contributed by atoms with van der Waals surface area (Å²) >= 11 is 0. The van der Waals surface area contributed by atoms with Gasteiger partial charge >= 0.3 is 0 Å². The van der Waals surface area contributed by atoms with Gasteiger partial charge in [-0.2, -0.15) is 0 Å². The van der Waals surface area contributed by atoms with Crippen molar-refractivity contribution in [1.82, 2.24) is 0 Å². The van der Waals surface area contributed by atoms with Gasteiger partial charge < -0.3 is 9.47 Å². The molecule has 0 rings (SSSR count). The summed E-state index contributed by atoms with van der Waals surface area (Å²) in [5.41, 5.74) is 0. The largest absolute Gasteiger partial charge is 0.381 e. The van der Waals surface area contributed by atoms with Gasteiger partial charge in [-0.05, 0) is 25.7 Å². The van der Waals surface area contributed by atoms with E-state index in [1.807, 2.05) is 0 Å². The van der Waals surface area contributed by atoms with Gasteiger partial charge in [0.25, 0.3) is 0 Å². The third kappa shape index (κ3) is 17.9. The Labute approximate surface area is 127 Å². The molecule has 0 heterocycles. The molecular formula is C18H37O2. The van der Waals surface area contributed by atoms with Crippen LogP contribution < -0.4 is 0 Å². The lowest BCUT2D eigenvalue weighted by molar-refractivity contribution is 0.117. The van der Waals surface area contributed by atoms with Crippen molar-refractivity contribution in [2.75, 3.05) is 26.4 Å². The Balaban J connectivity index is 2.89. The van der Waals surface area contributed by atoms with Crippen molar-refractivity contribution in [3.63, 3.8) is 0 Å². The zero-order valence-corrected chi connectivity index (χ0v) is 13.8. The second-order valence-corrected chi connectivity index (χ2v) is 5.61. The van der Waals surface area contributed by atoms with Crippen molar-refractivity contribution in [3.05, 3.63) is 6.92 Å². The Bertz CT molecular complexity index is 141. The van der Waals surface area contributed by atoms with Crippen LogP contribution >= 0.6 is 0 Å².